The van der Waals surface area contributed by atoms with E-state index in [0.29, 0.717) is 5.92 Å². The van der Waals surface area contributed by atoms with Gasteiger partial charge in [0.2, 0.25) is 0 Å². The zero-order chi connectivity index (χ0) is 13.7. The summed E-state index contributed by atoms with van der Waals surface area (Å²) in [6, 6.07) is 7.72. The van der Waals surface area contributed by atoms with Crippen LogP contribution in [0.1, 0.15) is 25.7 Å². The van der Waals surface area contributed by atoms with Gasteiger partial charge in [-0.05, 0) is 43.0 Å². The van der Waals surface area contributed by atoms with Crippen LogP contribution in [0.25, 0.3) is 0 Å². The van der Waals surface area contributed by atoms with E-state index in [1.165, 1.54) is 25.7 Å². The normalized spacial score (nSPS) is 15.3. The Labute approximate surface area is 115 Å². The van der Waals surface area contributed by atoms with Crippen molar-refractivity contribution in [1.82, 2.24) is 5.32 Å². The minimum atomic E-state index is -0.107. The second-order valence-electron chi connectivity index (χ2n) is 5.43. The number of nitrogens with one attached hydrogen (secondary N) is 2. The van der Waals surface area contributed by atoms with Gasteiger partial charge in [-0.3, -0.25) is 0 Å². The first-order valence-corrected chi connectivity index (χ1v) is 6.97. The molecule has 0 heterocycles. The number of rotatable bonds is 4. The zero-order valence-corrected chi connectivity index (χ0v) is 11.8. The standard InChI is InChI=1S/C15H23N3O/c1-18(2)14-9-7-13(8-10-14)17-15(19)16-11-12-5-3-4-6-12/h7-10,12H,3-6,11H2,1-2H3,(H2,16,17,19). The molecule has 0 saturated heterocycles. The molecular formula is C15H23N3O. The van der Waals surface area contributed by atoms with E-state index in [-0.39, 0.29) is 6.03 Å². The molecule has 0 unspecified atom stereocenters. The Morgan fingerprint density at radius 2 is 1.84 bits per heavy atom. The van der Waals surface area contributed by atoms with Crippen molar-refractivity contribution in [1.29, 1.82) is 0 Å². The Kier molecular flexibility index (Phi) is 4.66. The predicted octanol–water partition coefficient (Wildman–Crippen LogP) is 3.06. The molecule has 1 fully saturated rings. The van der Waals surface area contributed by atoms with Crippen molar-refractivity contribution >= 4 is 17.4 Å². The van der Waals surface area contributed by atoms with Gasteiger partial charge in [-0.1, -0.05) is 12.8 Å². The predicted molar refractivity (Wildman–Crippen MR) is 79.7 cm³/mol. The average molecular weight is 261 g/mol. The number of amides is 2. The minimum absolute atomic E-state index is 0.107. The molecule has 2 rings (SSSR count). The fourth-order valence-electron chi connectivity index (χ4n) is 2.47. The number of nitrogens with zero attached hydrogens (tertiary/aromatic N) is 1. The summed E-state index contributed by atoms with van der Waals surface area (Å²) in [4.78, 5) is 13.8. The van der Waals surface area contributed by atoms with E-state index in [2.05, 4.69) is 10.6 Å². The van der Waals surface area contributed by atoms with Crippen LogP contribution < -0.4 is 15.5 Å². The monoisotopic (exact) mass is 261 g/mol. The molecule has 1 aromatic rings. The summed E-state index contributed by atoms with van der Waals surface area (Å²) in [5, 5.41) is 5.81. The van der Waals surface area contributed by atoms with E-state index in [1.54, 1.807) is 0 Å². The number of urea groups is 1. The van der Waals surface area contributed by atoms with Crippen molar-refractivity contribution < 1.29 is 4.79 Å². The first kappa shape index (κ1) is 13.7. The van der Waals surface area contributed by atoms with Gasteiger partial charge in [0, 0.05) is 32.0 Å². The third kappa shape index (κ3) is 4.16. The molecule has 104 valence electrons. The molecular weight excluding hydrogens is 238 g/mol. The molecule has 0 atom stereocenters. The van der Waals surface area contributed by atoms with E-state index in [1.807, 2.05) is 43.3 Å². The molecule has 2 amide bonds. The topological polar surface area (TPSA) is 44.4 Å². The van der Waals surface area contributed by atoms with Crippen LogP contribution in [-0.2, 0) is 0 Å². The molecule has 0 aromatic heterocycles. The molecule has 1 aliphatic rings. The lowest BCUT2D eigenvalue weighted by Gasteiger charge is -2.14. The van der Waals surface area contributed by atoms with Crippen molar-refractivity contribution in [2.45, 2.75) is 25.7 Å². The summed E-state index contributed by atoms with van der Waals surface area (Å²) in [7, 11) is 3.99. The quantitative estimate of drug-likeness (QED) is 0.875. The van der Waals surface area contributed by atoms with E-state index < -0.39 is 0 Å². The van der Waals surface area contributed by atoms with E-state index in [4.69, 9.17) is 0 Å². The molecule has 4 nitrogen and oxygen atoms in total. The Morgan fingerprint density at radius 1 is 1.21 bits per heavy atom. The van der Waals surface area contributed by atoms with Crippen molar-refractivity contribution in [2.75, 3.05) is 30.9 Å². The molecule has 0 radical (unpaired) electrons. The van der Waals surface area contributed by atoms with Crippen LogP contribution in [0.15, 0.2) is 24.3 Å². The molecule has 0 aliphatic heterocycles. The highest BCUT2D eigenvalue weighted by atomic mass is 16.2. The van der Waals surface area contributed by atoms with Gasteiger partial charge in [0.25, 0.3) is 0 Å². The Morgan fingerprint density at radius 3 is 2.42 bits per heavy atom. The Bertz CT molecular complexity index is 408. The van der Waals surface area contributed by atoms with Crippen molar-refractivity contribution in [3.05, 3.63) is 24.3 Å². The second-order valence-corrected chi connectivity index (χ2v) is 5.43. The fourth-order valence-corrected chi connectivity index (χ4v) is 2.47. The highest BCUT2D eigenvalue weighted by Crippen LogP contribution is 2.23. The lowest BCUT2D eigenvalue weighted by atomic mass is 10.1. The summed E-state index contributed by atoms with van der Waals surface area (Å²) < 4.78 is 0. The van der Waals surface area contributed by atoms with Crippen molar-refractivity contribution in [3.63, 3.8) is 0 Å². The summed E-state index contributed by atoms with van der Waals surface area (Å²) >= 11 is 0. The van der Waals surface area contributed by atoms with Crippen LogP contribution >= 0.6 is 0 Å². The van der Waals surface area contributed by atoms with Crippen LogP contribution in [0.4, 0.5) is 16.2 Å². The van der Waals surface area contributed by atoms with E-state index in [0.717, 1.165) is 17.9 Å². The maximum Gasteiger partial charge on any atom is 0.319 e. The zero-order valence-electron chi connectivity index (χ0n) is 11.8. The van der Waals surface area contributed by atoms with Gasteiger partial charge in [-0.25, -0.2) is 4.79 Å². The van der Waals surface area contributed by atoms with Gasteiger partial charge in [-0.2, -0.15) is 0 Å². The van der Waals surface area contributed by atoms with Crippen LogP contribution in [0.2, 0.25) is 0 Å². The number of carbonyl (C=O) groups is 1. The maximum atomic E-state index is 11.8. The number of benzene rings is 1. The molecule has 1 aromatic carbocycles. The van der Waals surface area contributed by atoms with Crippen LogP contribution in [-0.4, -0.2) is 26.7 Å². The molecule has 0 spiro atoms. The smallest absolute Gasteiger partial charge is 0.319 e. The first-order valence-electron chi connectivity index (χ1n) is 6.97. The Balaban J connectivity index is 1.77. The van der Waals surface area contributed by atoms with Crippen molar-refractivity contribution in [2.24, 2.45) is 5.92 Å². The maximum absolute atomic E-state index is 11.8. The van der Waals surface area contributed by atoms with Gasteiger partial charge in [0.15, 0.2) is 0 Å². The lowest BCUT2D eigenvalue weighted by Crippen LogP contribution is -2.32. The van der Waals surface area contributed by atoms with Gasteiger partial charge >= 0.3 is 6.03 Å². The van der Waals surface area contributed by atoms with Crippen LogP contribution in [0.3, 0.4) is 0 Å². The van der Waals surface area contributed by atoms with Gasteiger partial charge < -0.3 is 15.5 Å². The number of anilines is 2. The van der Waals surface area contributed by atoms with Gasteiger partial charge in [0.05, 0.1) is 0 Å². The molecule has 19 heavy (non-hydrogen) atoms. The Hall–Kier alpha value is -1.71. The molecule has 0 bridgehead atoms. The molecule has 2 N–H and O–H groups in total. The summed E-state index contributed by atoms with van der Waals surface area (Å²) in [6.45, 7) is 0.793. The SMILES string of the molecule is CN(C)c1ccc(NC(=O)NCC2CCCC2)cc1. The third-order valence-corrected chi connectivity index (χ3v) is 3.67. The number of hydrogen-bond acceptors (Lipinski definition) is 2. The van der Waals surface area contributed by atoms with Gasteiger partial charge in [-0.15, -0.1) is 0 Å². The first-order chi connectivity index (χ1) is 9.15. The van der Waals surface area contributed by atoms with Crippen molar-refractivity contribution in [3.8, 4) is 0 Å². The fraction of sp³-hybridized carbons (Fsp3) is 0.533. The minimum Gasteiger partial charge on any atom is -0.378 e. The third-order valence-electron chi connectivity index (χ3n) is 3.67. The highest BCUT2D eigenvalue weighted by molar-refractivity contribution is 5.89. The molecule has 1 aliphatic carbocycles. The summed E-state index contributed by atoms with van der Waals surface area (Å²) in [5.41, 5.74) is 1.95. The lowest BCUT2D eigenvalue weighted by molar-refractivity contribution is 0.250. The molecule has 1 saturated carbocycles. The number of carbonyl (C=O) groups excluding carboxylic acids is 1. The highest BCUT2D eigenvalue weighted by Gasteiger charge is 2.15. The van der Waals surface area contributed by atoms with Gasteiger partial charge in [0.1, 0.15) is 0 Å². The van der Waals surface area contributed by atoms with Crippen LogP contribution in [0, 0.1) is 5.92 Å². The van der Waals surface area contributed by atoms with E-state index in [9.17, 15) is 4.79 Å². The average Bonchev–Trinajstić information content (AvgIpc) is 2.90. The largest absolute Gasteiger partial charge is 0.378 e. The molecule has 4 heteroatoms. The van der Waals surface area contributed by atoms with Crippen LogP contribution in [0.5, 0.6) is 0 Å². The summed E-state index contributed by atoms with van der Waals surface area (Å²) in [5.74, 6) is 0.668. The van der Waals surface area contributed by atoms with E-state index >= 15 is 0 Å². The summed E-state index contributed by atoms with van der Waals surface area (Å²) in [6.07, 6.45) is 5.11. The second kappa shape index (κ2) is 6.45. The number of hydrogen-bond donors (Lipinski definition) is 2.